The Morgan fingerprint density at radius 3 is 2.61 bits per heavy atom. The molecule has 0 fully saturated rings. The Hall–Kier alpha value is -2.75. The van der Waals surface area contributed by atoms with E-state index in [1.54, 1.807) is 10.1 Å². The quantitative estimate of drug-likeness (QED) is 0.522. The van der Waals surface area contributed by atoms with E-state index in [4.69, 9.17) is 11.6 Å². The maximum Gasteiger partial charge on any atom is 0.264 e. The molecule has 0 aliphatic heterocycles. The maximum absolute atomic E-state index is 12.5. The van der Waals surface area contributed by atoms with E-state index in [1.807, 2.05) is 29.6 Å². The number of para-hydroxylation sites is 2. The first-order valence-corrected chi connectivity index (χ1v) is 10.9. The van der Waals surface area contributed by atoms with Crippen LogP contribution in [0.5, 0.6) is 0 Å². The highest BCUT2D eigenvalue weighted by molar-refractivity contribution is 7.90. The Morgan fingerprint density at radius 2 is 1.89 bits per heavy atom. The summed E-state index contributed by atoms with van der Waals surface area (Å²) in [6, 6.07) is 12.9. The monoisotopic (exact) mass is 432 g/mol. The van der Waals surface area contributed by atoms with E-state index < -0.39 is 15.9 Å². The van der Waals surface area contributed by atoms with Crippen molar-refractivity contribution in [2.24, 2.45) is 0 Å². The number of nitrogens with one attached hydrogen (secondary N) is 1. The number of fused-ring (bicyclic) bond motifs is 1. The molecule has 0 unspecified atom stereocenters. The number of rotatable bonds is 5. The Labute approximate surface area is 169 Å². The molecule has 10 heteroatoms. The normalized spacial score (nSPS) is 11.6. The number of carbonyl (C=O) groups is 1. The molecule has 0 bridgehead atoms. The molecule has 2 heterocycles. The molecule has 0 saturated carbocycles. The number of hydrogen-bond acceptors (Lipinski definition) is 6. The van der Waals surface area contributed by atoms with E-state index >= 15 is 0 Å². The van der Waals surface area contributed by atoms with Gasteiger partial charge in [-0.15, -0.1) is 11.3 Å². The van der Waals surface area contributed by atoms with Crippen LogP contribution in [0.3, 0.4) is 0 Å². The Morgan fingerprint density at radius 1 is 1.14 bits per heavy atom. The number of halogens is 1. The summed E-state index contributed by atoms with van der Waals surface area (Å²) in [5.41, 5.74) is 3.70. The van der Waals surface area contributed by atoms with Crippen molar-refractivity contribution in [3.63, 3.8) is 0 Å². The van der Waals surface area contributed by atoms with Gasteiger partial charge in [0.15, 0.2) is 5.82 Å². The van der Waals surface area contributed by atoms with E-state index in [0.717, 1.165) is 0 Å². The molecule has 1 amide bonds. The van der Waals surface area contributed by atoms with Crippen molar-refractivity contribution < 1.29 is 13.2 Å². The number of sulfonamides is 1. The zero-order chi connectivity index (χ0) is 19.7. The van der Waals surface area contributed by atoms with Gasteiger partial charge in [0, 0.05) is 10.4 Å². The highest BCUT2D eigenvalue weighted by atomic mass is 35.5. The van der Waals surface area contributed by atoms with Crippen molar-refractivity contribution in [3.05, 3.63) is 64.4 Å². The topological polar surface area (TPSA) is 93.9 Å². The number of benzene rings is 2. The highest BCUT2D eigenvalue weighted by Gasteiger charge is 2.21. The fraction of sp³-hybridized carbons (Fsp3) is 0.0556. The van der Waals surface area contributed by atoms with Crippen molar-refractivity contribution in [1.82, 2.24) is 19.3 Å². The van der Waals surface area contributed by atoms with Crippen LogP contribution >= 0.6 is 22.9 Å². The Balaban J connectivity index is 1.65. The lowest BCUT2D eigenvalue weighted by atomic mass is 10.3. The first-order valence-electron chi connectivity index (χ1n) is 8.09. The molecule has 0 aliphatic rings. The Bertz CT molecular complexity index is 1250. The number of amides is 1. The largest absolute Gasteiger partial charge is 0.313 e. The first-order chi connectivity index (χ1) is 13.4. The number of thiazole rings is 1. The van der Waals surface area contributed by atoms with Crippen LogP contribution in [-0.2, 0) is 21.4 Å². The highest BCUT2D eigenvalue weighted by Crippen LogP contribution is 2.24. The van der Waals surface area contributed by atoms with Gasteiger partial charge in [-0.3, -0.25) is 4.79 Å². The van der Waals surface area contributed by atoms with Gasteiger partial charge in [0.2, 0.25) is 0 Å². The molecule has 1 N–H and O–H groups in total. The fourth-order valence-corrected chi connectivity index (χ4v) is 4.39. The number of imidazole rings is 1. The summed E-state index contributed by atoms with van der Waals surface area (Å²) in [4.78, 5) is 21.3. The molecule has 2 aromatic carbocycles. The lowest BCUT2D eigenvalue weighted by Crippen LogP contribution is -2.33. The average Bonchev–Trinajstić information content (AvgIpc) is 3.30. The average molecular weight is 433 g/mol. The minimum absolute atomic E-state index is 0.0412. The zero-order valence-corrected chi connectivity index (χ0v) is 16.6. The molecule has 7 nitrogen and oxygen atoms in total. The van der Waals surface area contributed by atoms with Crippen LogP contribution in [0.1, 0.15) is 0 Å². The second-order valence-corrected chi connectivity index (χ2v) is 8.70. The summed E-state index contributed by atoms with van der Waals surface area (Å²) in [5, 5.41) is 2.23. The number of hydrogen-bond donors (Lipinski definition) is 1. The lowest BCUT2D eigenvalue weighted by molar-refractivity contribution is -0.119. The van der Waals surface area contributed by atoms with Crippen LogP contribution in [0.4, 0.5) is 0 Å². The van der Waals surface area contributed by atoms with E-state index in [9.17, 15) is 13.2 Å². The van der Waals surface area contributed by atoms with Gasteiger partial charge in [-0.2, -0.15) is 0 Å². The van der Waals surface area contributed by atoms with Crippen molar-refractivity contribution in [1.29, 1.82) is 0 Å². The summed E-state index contributed by atoms with van der Waals surface area (Å²) in [6.45, 7) is -0.222. The summed E-state index contributed by atoms with van der Waals surface area (Å²) in [6.07, 6.45) is 0. The second-order valence-electron chi connectivity index (χ2n) is 5.87. The summed E-state index contributed by atoms with van der Waals surface area (Å²) < 4.78 is 28.6. The fourth-order valence-electron chi connectivity index (χ4n) is 2.75. The minimum atomic E-state index is -4.00. The molecule has 0 atom stereocenters. The standard InChI is InChI=1S/C18H13ClN4O3S2/c19-12-5-7-13(8-6-12)28(25,26)22-17(24)9-23-16-4-2-1-3-14(16)21-18(23)15-10-27-11-20-15/h1-8,10-11H,9H2,(H,22,24). The van der Waals surface area contributed by atoms with Gasteiger partial charge in [-0.25, -0.2) is 23.1 Å². The third-order valence-corrected chi connectivity index (χ3v) is 6.22. The lowest BCUT2D eigenvalue weighted by Gasteiger charge is -2.10. The van der Waals surface area contributed by atoms with Gasteiger partial charge in [-0.05, 0) is 36.4 Å². The molecule has 0 radical (unpaired) electrons. The van der Waals surface area contributed by atoms with E-state index in [2.05, 4.69) is 14.7 Å². The first kappa shape index (κ1) is 18.6. The number of aromatic nitrogens is 3. The van der Waals surface area contributed by atoms with Gasteiger partial charge in [0.25, 0.3) is 15.9 Å². The Kier molecular flexibility index (Phi) is 4.88. The van der Waals surface area contributed by atoms with Crippen molar-refractivity contribution in [2.45, 2.75) is 11.4 Å². The van der Waals surface area contributed by atoms with Crippen molar-refractivity contribution >= 4 is 49.9 Å². The van der Waals surface area contributed by atoms with Crippen LogP contribution in [-0.4, -0.2) is 28.9 Å². The summed E-state index contributed by atoms with van der Waals surface area (Å²) in [5.74, 6) is -0.184. The number of carbonyl (C=O) groups excluding carboxylic acids is 1. The molecular weight excluding hydrogens is 420 g/mol. The third-order valence-electron chi connectivity index (χ3n) is 3.99. The minimum Gasteiger partial charge on any atom is -0.313 e. The molecule has 142 valence electrons. The molecule has 28 heavy (non-hydrogen) atoms. The summed E-state index contributed by atoms with van der Waals surface area (Å²) >= 11 is 7.20. The molecule has 0 spiro atoms. The van der Waals surface area contributed by atoms with Gasteiger partial charge in [0.05, 0.1) is 21.4 Å². The van der Waals surface area contributed by atoms with Gasteiger partial charge in [-0.1, -0.05) is 23.7 Å². The molecular formula is C18H13ClN4O3S2. The zero-order valence-electron chi connectivity index (χ0n) is 14.2. The molecule has 0 saturated heterocycles. The second kappa shape index (κ2) is 7.34. The molecule has 4 rings (SSSR count). The van der Waals surface area contributed by atoms with Crippen LogP contribution < -0.4 is 4.72 Å². The number of nitrogens with zero attached hydrogens (tertiary/aromatic N) is 3. The molecule has 4 aromatic rings. The van der Waals surface area contributed by atoms with Gasteiger partial charge >= 0.3 is 0 Å². The van der Waals surface area contributed by atoms with E-state index in [1.165, 1.54) is 35.6 Å². The summed E-state index contributed by atoms with van der Waals surface area (Å²) in [7, 11) is -4.00. The van der Waals surface area contributed by atoms with Crippen LogP contribution in [0.25, 0.3) is 22.6 Å². The van der Waals surface area contributed by atoms with E-state index in [0.29, 0.717) is 27.6 Å². The van der Waals surface area contributed by atoms with Crippen LogP contribution in [0.2, 0.25) is 5.02 Å². The predicted molar refractivity (Wildman–Crippen MR) is 108 cm³/mol. The third kappa shape index (κ3) is 3.64. The van der Waals surface area contributed by atoms with Crippen LogP contribution in [0, 0.1) is 0 Å². The maximum atomic E-state index is 12.5. The predicted octanol–water partition coefficient (Wildman–Crippen LogP) is 3.32. The molecule has 0 aliphatic carbocycles. The van der Waals surface area contributed by atoms with Crippen LogP contribution in [0.15, 0.2) is 64.3 Å². The van der Waals surface area contributed by atoms with Gasteiger partial charge < -0.3 is 4.57 Å². The van der Waals surface area contributed by atoms with Gasteiger partial charge in [0.1, 0.15) is 12.2 Å². The smallest absolute Gasteiger partial charge is 0.264 e. The van der Waals surface area contributed by atoms with E-state index in [-0.39, 0.29) is 11.4 Å². The molecule has 2 aromatic heterocycles. The van der Waals surface area contributed by atoms with Crippen molar-refractivity contribution in [3.8, 4) is 11.5 Å². The SMILES string of the molecule is O=C(Cn1c(-c2cscn2)nc2ccccc21)NS(=O)(=O)c1ccc(Cl)cc1. The van der Waals surface area contributed by atoms with Crippen molar-refractivity contribution in [2.75, 3.05) is 0 Å².